The van der Waals surface area contributed by atoms with Gasteiger partial charge in [0.1, 0.15) is 0 Å². The van der Waals surface area contributed by atoms with Crippen LogP contribution in [-0.2, 0) is 11.2 Å². The average Bonchev–Trinajstić information content (AvgIpc) is 2.15. The molecule has 0 aliphatic rings. The first-order valence-corrected chi connectivity index (χ1v) is 4.26. The molecule has 74 valence electrons. The topological polar surface area (TPSA) is 86.2 Å². The number of hydrogen-bond acceptors (Lipinski definition) is 2. The molecule has 0 aliphatic carbocycles. The van der Waals surface area contributed by atoms with Crippen molar-refractivity contribution in [2.45, 2.75) is 12.8 Å². The summed E-state index contributed by atoms with van der Waals surface area (Å²) in [5.74, 6) is -0.782. The molecule has 0 heterocycles. The summed E-state index contributed by atoms with van der Waals surface area (Å²) in [6.45, 7) is 0. The van der Waals surface area contributed by atoms with Crippen molar-refractivity contribution in [2.75, 3.05) is 0 Å². The first-order chi connectivity index (χ1) is 6.59. The van der Waals surface area contributed by atoms with E-state index in [1.54, 1.807) is 24.3 Å². The molecule has 1 aromatic carbocycles. The Labute approximate surface area is 81.9 Å². The van der Waals surface area contributed by atoms with Crippen molar-refractivity contribution >= 4 is 11.8 Å². The molecule has 0 aromatic heterocycles. The molecule has 1 rings (SSSR count). The Bertz CT molecular complexity index is 344. The molecule has 4 heteroatoms. The molecular formula is C10H12N2O2. The van der Waals surface area contributed by atoms with Crippen molar-refractivity contribution in [3.8, 4) is 0 Å². The molecule has 2 amide bonds. The molecule has 0 radical (unpaired) electrons. The van der Waals surface area contributed by atoms with Crippen LogP contribution in [0.4, 0.5) is 0 Å². The molecule has 1 aromatic rings. The number of benzene rings is 1. The summed E-state index contributed by atoms with van der Waals surface area (Å²) in [5, 5.41) is 0. The largest absolute Gasteiger partial charge is 0.370 e. The smallest absolute Gasteiger partial charge is 0.248 e. The Balaban J connectivity index is 2.64. The summed E-state index contributed by atoms with van der Waals surface area (Å²) >= 11 is 0. The lowest BCUT2D eigenvalue weighted by Crippen LogP contribution is -2.12. The van der Waals surface area contributed by atoms with Crippen LogP contribution in [0.5, 0.6) is 0 Å². The van der Waals surface area contributed by atoms with Crippen molar-refractivity contribution < 1.29 is 9.59 Å². The lowest BCUT2D eigenvalue weighted by atomic mass is 10.1. The summed E-state index contributed by atoms with van der Waals surface area (Å²) in [4.78, 5) is 21.2. The van der Waals surface area contributed by atoms with Crippen molar-refractivity contribution in [2.24, 2.45) is 11.5 Å². The van der Waals surface area contributed by atoms with Crippen LogP contribution < -0.4 is 11.5 Å². The summed E-state index contributed by atoms with van der Waals surface area (Å²) in [6, 6.07) is 6.81. The van der Waals surface area contributed by atoms with Gasteiger partial charge >= 0.3 is 0 Å². The summed E-state index contributed by atoms with van der Waals surface area (Å²) in [6.07, 6.45) is 0.907. The van der Waals surface area contributed by atoms with Crippen molar-refractivity contribution in [3.63, 3.8) is 0 Å². The predicted molar refractivity (Wildman–Crippen MR) is 52.5 cm³/mol. The van der Waals surface area contributed by atoms with Crippen molar-refractivity contribution in [3.05, 3.63) is 35.4 Å². The molecule has 0 saturated heterocycles. The third kappa shape index (κ3) is 2.90. The van der Waals surface area contributed by atoms with E-state index in [1.165, 1.54) is 0 Å². The predicted octanol–water partition coefficient (Wildman–Crippen LogP) is 0.203. The van der Waals surface area contributed by atoms with Crippen LogP contribution in [0, 0.1) is 0 Å². The summed E-state index contributed by atoms with van der Waals surface area (Å²) in [7, 11) is 0. The Morgan fingerprint density at radius 3 is 2.07 bits per heavy atom. The first kappa shape index (κ1) is 10.2. The van der Waals surface area contributed by atoms with Gasteiger partial charge in [-0.25, -0.2) is 0 Å². The molecular weight excluding hydrogens is 180 g/mol. The second kappa shape index (κ2) is 4.41. The van der Waals surface area contributed by atoms with Gasteiger partial charge in [-0.3, -0.25) is 9.59 Å². The molecule has 0 bridgehead atoms. The quantitative estimate of drug-likeness (QED) is 0.714. The summed E-state index contributed by atoms with van der Waals surface area (Å²) in [5.41, 5.74) is 11.5. The molecule has 0 spiro atoms. The molecule has 0 atom stereocenters. The molecule has 0 fully saturated rings. The number of amides is 2. The first-order valence-electron chi connectivity index (χ1n) is 4.26. The van der Waals surface area contributed by atoms with Gasteiger partial charge in [0.05, 0.1) is 0 Å². The van der Waals surface area contributed by atoms with E-state index >= 15 is 0 Å². The second-order valence-electron chi connectivity index (χ2n) is 3.03. The SMILES string of the molecule is NC(=O)CCc1ccc(C(N)=O)cc1. The number of hydrogen-bond donors (Lipinski definition) is 2. The number of primary amides is 2. The third-order valence-corrected chi connectivity index (χ3v) is 1.90. The lowest BCUT2D eigenvalue weighted by molar-refractivity contribution is -0.117. The van der Waals surface area contributed by atoms with E-state index in [9.17, 15) is 9.59 Å². The Hall–Kier alpha value is -1.84. The van der Waals surface area contributed by atoms with Crippen LogP contribution in [0.2, 0.25) is 0 Å². The van der Waals surface area contributed by atoms with Gasteiger partial charge in [-0.2, -0.15) is 0 Å². The minimum atomic E-state index is -0.452. The second-order valence-corrected chi connectivity index (χ2v) is 3.03. The van der Waals surface area contributed by atoms with Crippen LogP contribution >= 0.6 is 0 Å². The Morgan fingerprint density at radius 1 is 1.07 bits per heavy atom. The van der Waals surface area contributed by atoms with E-state index in [-0.39, 0.29) is 5.91 Å². The number of rotatable bonds is 4. The van der Waals surface area contributed by atoms with Gasteiger partial charge in [-0.1, -0.05) is 12.1 Å². The van der Waals surface area contributed by atoms with E-state index < -0.39 is 5.91 Å². The zero-order valence-corrected chi connectivity index (χ0v) is 7.69. The molecule has 0 unspecified atom stereocenters. The monoisotopic (exact) mass is 192 g/mol. The zero-order valence-electron chi connectivity index (χ0n) is 7.69. The highest BCUT2D eigenvalue weighted by atomic mass is 16.1. The van der Waals surface area contributed by atoms with Crippen LogP contribution in [0.25, 0.3) is 0 Å². The van der Waals surface area contributed by atoms with E-state index in [2.05, 4.69) is 0 Å². The molecule has 14 heavy (non-hydrogen) atoms. The summed E-state index contributed by atoms with van der Waals surface area (Å²) < 4.78 is 0. The highest BCUT2D eigenvalue weighted by molar-refractivity contribution is 5.92. The van der Waals surface area contributed by atoms with E-state index in [1.807, 2.05) is 0 Å². The van der Waals surface area contributed by atoms with Gasteiger partial charge in [0, 0.05) is 12.0 Å². The van der Waals surface area contributed by atoms with Gasteiger partial charge < -0.3 is 11.5 Å². The van der Waals surface area contributed by atoms with E-state index in [0.717, 1.165) is 5.56 Å². The fourth-order valence-electron chi connectivity index (χ4n) is 1.10. The normalized spacial score (nSPS) is 9.71. The number of carbonyl (C=O) groups excluding carboxylic acids is 2. The maximum atomic E-state index is 10.7. The minimum absolute atomic E-state index is 0.315. The maximum Gasteiger partial charge on any atom is 0.248 e. The van der Waals surface area contributed by atoms with Gasteiger partial charge in [-0.05, 0) is 24.1 Å². The highest BCUT2D eigenvalue weighted by Crippen LogP contribution is 2.05. The lowest BCUT2D eigenvalue weighted by Gasteiger charge is -1.99. The fraction of sp³-hybridized carbons (Fsp3) is 0.200. The van der Waals surface area contributed by atoms with Gasteiger partial charge in [0.25, 0.3) is 0 Å². The van der Waals surface area contributed by atoms with Crippen LogP contribution in [0.3, 0.4) is 0 Å². The Kier molecular flexibility index (Phi) is 3.23. The van der Waals surface area contributed by atoms with Gasteiger partial charge in [0.2, 0.25) is 11.8 Å². The fourth-order valence-corrected chi connectivity index (χ4v) is 1.10. The van der Waals surface area contributed by atoms with Crippen molar-refractivity contribution in [1.82, 2.24) is 0 Å². The molecule has 4 nitrogen and oxygen atoms in total. The van der Waals surface area contributed by atoms with Crippen molar-refractivity contribution in [1.29, 1.82) is 0 Å². The number of aryl methyl sites for hydroxylation is 1. The molecule has 0 saturated carbocycles. The maximum absolute atomic E-state index is 10.7. The van der Waals surface area contributed by atoms with E-state index in [0.29, 0.717) is 18.4 Å². The van der Waals surface area contributed by atoms with Crippen LogP contribution in [-0.4, -0.2) is 11.8 Å². The molecule has 0 aliphatic heterocycles. The molecule has 4 N–H and O–H groups in total. The van der Waals surface area contributed by atoms with E-state index in [4.69, 9.17) is 11.5 Å². The standard InChI is InChI=1S/C10H12N2O2/c11-9(13)6-3-7-1-4-8(5-2-7)10(12)14/h1-2,4-5H,3,6H2,(H2,11,13)(H2,12,14). The Morgan fingerprint density at radius 2 is 1.64 bits per heavy atom. The highest BCUT2D eigenvalue weighted by Gasteiger charge is 2.00. The van der Waals surface area contributed by atoms with Gasteiger partial charge in [-0.15, -0.1) is 0 Å². The minimum Gasteiger partial charge on any atom is -0.370 e. The number of carbonyl (C=O) groups is 2. The van der Waals surface area contributed by atoms with Crippen LogP contribution in [0.1, 0.15) is 22.3 Å². The van der Waals surface area contributed by atoms with Gasteiger partial charge in [0.15, 0.2) is 0 Å². The van der Waals surface area contributed by atoms with Crippen LogP contribution in [0.15, 0.2) is 24.3 Å². The number of nitrogens with two attached hydrogens (primary N) is 2. The average molecular weight is 192 g/mol. The third-order valence-electron chi connectivity index (χ3n) is 1.90. The zero-order chi connectivity index (χ0) is 10.6.